The molecular weight excluding hydrogens is 368 g/mol. The van der Waals surface area contributed by atoms with Gasteiger partial charge >= 0.3 is 5.97 Å². The van der Waals surface area contributed by atoms with Crippen LogP contribution < -0.4 is 5.32 Å². The van der Waals surface area contributed by atoms with E-state index in [2.05, 4.69) is 11.9 Å². The number of hydrogen-bond acceptors (Lipinski definition) is 6. The van der Waals surface area contributed by atoms with Gasteiger partial charge < -0.3 is 10.1 Å². The van der Waals surface area contributed by atoms with Crippen LogP contribution >= 0.6 is 11.8 Å². The molecule has 0 spiro atoms. The van der Waals surface area contributed by atoms with Crippen molar-refractivity contribution in [1.82, 2.24) is 0 Å². The van der Waals surface area contributed by atoms with Crippen molar-refractivity contribution in [1.29, 1.82) is 0 Å². The predicted molar refractivity (Wildman–Crippen MR) is 104 cm³/mol. The fraction of sp³-hybridized carbons (Fsp3) is 0.158. The maximum absolute atomic E-state index is 12.2. The standard InChI is InChI=1S/C19H18N2O5S/c1-3-11-27-16-10-5-4-8-14(16)20-17(22)12-26-19(23)18-13(2)7-6-9-15(18)21(24)25/h3-10H,1,11-12H2,2H3,(H,20,22). The topological polar surface area (TPSA) is 98.5 Å². The van der Waals surface area contributed by atoms with Gasteiger partial charge in [-0.1, -0.05) is 30.3 Å². The van der Waals surface area contributed by atoms with Gasteiger partial charge in [-0.25, -0.2) is 4.79 Å². The molecule has 0 aliphatic rings. The van der Waals surface area contributed by atoms with Crippen LogP contribution in [-0.4, -0.2) is 29.2 Å². The van der Waals surface area contributed by atoms with Crippen molar-refractivity contribution in [2.24, 2.45) is 0 Å². The lowest BCUT2D eigenvalue weighted by Crippen LogP contribution is -2.22. The number of carbonyl (C=O) groups is 2. The van der Waals surface area contributed by atoms with Crippen LogP contribution in [0.15, 0.2) is 60.0 Å². The number of amides is 1. The predicted octanol–water partition coefficient (Wildman–Crippen LogP) is 3.98. The Morgan fingerprint density at radius 3 is 2.70 bits per heavy atom. The van der Waals surface area contributed by atoms with Gasteiger partial charge in [0.1, 0.15) is 5.56 Å². The Bertz CT molecular complexity index is 882. The Morgan fingerprint density at radius 2 is 2.00 bits per heavy atom. The van der Waals surface area contributed by atoms with Gasteiger partial charge in [0.25, 0.3) is 11.6 Å². The van der Waals surface area contributed by atoms with Crippen LogP contribution in [0.4, 0.5) is 11.4 Å². The molecule has 0 aromatic heterocycles. The number of hydrogen-bond donors (Lipinski definition) is 1. The lowest BCUT2D eigenvalue weighted by atomic mass is 10.1. The molecule has 140 valence electrons. The molecule has 2 rings (SSSR count). The number of nitro groups is 1. The number of aryl methyl sites for hydroxylation is 1. The SMILES string of the molecule is C=CCSc1ccccc1NC(=O)COC(=O)c1c(C)cccc1[N+](=O)[O-]. The van der Waals surface area contributed by atoms with Crippen molar-refractivity contribution in [3.05, 3.63) is 76.4 Å². The lowest BCUT2D eigenvalue weighted by Gasteiger charge is -2.11. The maximum Gasteiger partial charge on any atom is 0.345 e. The van der Waals surface area contributed by atoms with E-state index in [4.69, 9.17) is 4.74 Å². The average Bonchev–Trinajstić information content (AvgIpc) is 2.65. The van der Waals surface area contributed by atoms with E-state index in [1.165, 1.54) is 23.9 Å². The maximum atomic E-state index is 12.2. The van der Waals surface area contributed by atoms with Crippen LogP contribution in [0.5, 0.6) is 0 Å². The molecule has 0 saturated heterocycles. The van der Waals surface area contributed by atoms with Crippen LogP contribution in [0.2, 0.25) is 0 Å². The van der Waals surface area contributed by atoms with Gasteiger partial charge in [-0.05, 0) is 24.6 Å². The molecule has 0 radical (unpaired) electrons. The molecule has 27 heavy (non-hydrogen) atoms. The first-order valence-electron chi connectivity index (χ1n) is 7.97. The first-order chi connectivity index (χ1) is 12.9. The zero-order chi connectivity index (χ0) is 19.8. The van der Waals surface area contributed by atoms with Crippen LogP contribution in [0.25, 0.3) is 0 Å². The van der Waals surface area contributed by atoms with Crippen molar-refractivity contribution >= 4 is 35.0 Å². The summed E-state index contributed by atoms with van der Waals surface area (Å²) in [5, 5.41) is 13.8. The molecule has 8 heteroatoms. The van der Waals surface area contributed by atoms with Gasteiger partial charge in [0.15, 0.2) is 6.61 Å². The summed E-state index contributed by atoms with van der Waals surface area (Å²) in [6.45, 7) is 4.67. The monoisotopic (exact) mass is 386 g/mol. The third-order valence-corrected chi connectivity index (χ3v) is 4.57. The van der Waals surface area contributed by atoms with Crippen molar-refractivity contribution < 1.29 is 19.2 Å². The number of carbonyl (C=O) groups excluding carboxylic acids is 2. The number of thioether (sulfide) groups is 1. The van der Waals surface area contributed by atoms with Crippen molar-refractivity contribution in [3.8, 4) is 0 Å². The van der Waals surface area contributed by atoms with Crippen molar-refractivity contribution in [2.75, 3.05) is 17.7 Å². The van der Waals surface area contributed by atoms with E-state index in [0.29, 0.717) is 17.0 Å². The Hall–Kier alpha value is -3.13. The summed E-state index contributed by atoms with van der Waals surface area (Å²) in [7, 11) is 0. The lowest BCUT2D eigenvalue weighted by molar-refractivity contribution is -0.385. The fourth-order valence-corrected chi connectivity index (χ4v) is 3.05. The van der Waals surface area contributed by atoms with Crippen molar-refractivity contribution in [3.63, 3.8) is 0 Å². The van der Waals surface area contributed by atoms with Gasteiger partial charge in [-0.3, -0.25) is 14.9 Å². The highest BCUT2D eigenvalue weighted by atomic mass is 32.2. The normalized spacial score (nSPS) is 10.1. The number of nitro benzene ring substituents is 1. The quantitative estimate of drug-likeness (QED) is 0.242. The second-order valence-electron chi connectivity index (χ2n) is 5.45. The first kappa shape index (κ1) is 20.2. The summed E-state index contributed by atoms with van der Waals surface area (Å²) < 4.78 is 4.98. The molecule has 0 aliphatic heterocycles. The molecule has 1 N–H and O–H groups in total. The number of nitrogens with one attached hydrogen (secondary N) is 1. The molecule has 0 bridgehead atoms. The number of rotatable bonds is 8. The second kappa shape index (κ2) is 9.54. The molecule has 0 aliphatic carbocycles. The molecule has 0 atom stereocenters. The molecule has 1 amide bonds. The molecule has 2 aromatic rings. The van der Waals surface area contributed by atoms with Crippen LogP contribution in [0, 0.1) is 17.0 Å². The number of ether oxygens (including phenoxy) is 1. The third kappa shape index (κ3) is 5.42. The molecule has 7 nitrogen and oxygen atoms in total. The van der Waals surface area contributed by atoms with Gasteiger partial charge in [0.2, 0.25) is 0 Å². The van der Waals surface area contributed by atoms with Crippen molar-refractivity contribution in [2.45, 2.75) is 11.8 Å². The average molecular weight is 386 g/mol. The highest BCUT2D eigenvalue weighted by Crippen LogP contribution is 2.27. The minimum atomic E-state index is -0.913. The van der Waals surface area contributed by atoms with Gasteiger partial charge in [0, 0.05) is 16.7 Å². The Labute approximate surface area is 160 Å². The highest BCUT2D eigenvalue weighted by molar-refractivity contribution is 7.99. The molecule has 0 unspecified atom stereocenters. The second-order valence-corrected chi connectivity index (χ2v) is 6.51. The zero-order valence-electron chi connectivity index (χ0n) is 14.6. The smallest absolute Gasteiger partial charge is 0.345 e. The minimum Gasteiger partial charge on any atom is -0.452 e. The Kier molecular flexibility index (Phi) is 7.13. The fourth-order valence-electron chi connectivity index (χ4n) is 2.30. The highest BCUT2D eigenvalue weighted by Gasteiger charge is 2.24. The number of esters is 1. The van der Waals surface area contributed by atoms with E-state index in [-0.39, 0.29) is 11.3 Å². The Balaban J connectivity index is 2.04. The summed E-state index contributed by atoms with van der Waals surface area (Å²) in [5.41, 5.74) is 0.483. The minimum absolute atomic E-state index is 0.155. The molecule has 0 saturated carbocycles. The number of nitrogens with zero attached hydrogens (tertiary/aromatic N) is 1. The van der Waals surface area contributed by atoms with E-state index < -0.39 is 23.4 Å². The molecular formula is C19H18N2O5S. The van der Waals surface area contributed by atoms with E-state index in [1.54, 1.807) is 31.2 Å². The van der Waals surface area contributed by atoms with Gasteiger partial charge in [-0.2, -0.15) is 0 Å². The summed E-state index contributed by atoms with van der Waals surface area (Å²) in [4.78, 5) is 35.6. The summed E-state index contributed by atoms with van der Waals surface area (Å²) >= 11 is 1.50. The van der Waals surface area contributed by atoms with Gasteiger partial charge in [0.05, 0.1) is 10.6 Å². The zero-order valence-corrected chi connectivity index (χ0v) is 15.5. The summed E-state index contributed by atoms with van der Waals surface area (Å²) in [6.07, 6.45) is 1.75. The third-order valence-electron chi connectivity index (χ3n) is 3.50. The number of anilines is 1. The first-order valence-corrected chi connectivity index (χ1v) is 8.96. The number of benzene rings is 2. The molecule has 2 aromatic carbocycles. The van der Waals surface area contributed by atoms with Crippen LogP contribution in [0.3, 0.4) is 0 Å². The summed E-state index contributed by atoms with van der Waals surface area (Å²) in [6, 6.07) is 11.5. The van der Waals surface area contributed by atoms with E-state index in [1.807, 2.05) is 12.1 Å². The molecule has 0 fully saturated rings. The van der Waals surface area contributed by atoms with Crippen LogP contribution in [-0.2, 0) is 9.53 Å². The molecule has 0 heterocycles. The van der Waals surface area contributed by atoms with Gasteiger partial charge in [-0.15, -0.1) is 18.3 Å². The van der Waals surface area contributed by atoms with E-state index in [0.717, 1.165) is 4.90 Å². The largest absolute Gasteiger partial charge is 0.452 e. The van der Waals surface area contributed by atoms with Crippen LogP contribution in [0.1, 0.15) is 15.9 Å². The number of para-hydroxylation sites is 1. The van der Waals surface area contributed by atoms with E-state index >= 15 is 0 Å². The van der Waals surface area contributed by atoms with E-state index in [9.17, 15) is 19.7 Å². The Morgan fingerprint density at radius 1 is 1.26 bits per heavy atom. The summed E-state index contributed by atoms with van der Waals surface area (Å²) in [5.74, 6) is -0.769.